The molecule has 1 aromatic carbocycles. The molecule has 0 spiro atoms. The summed E-state index contributed by atoms with van der Waals surface area (Å²) >= 11 is 0. The number of aromatic nitrogens is 2. The largest absolute Gasteiger partial charge is 0.459 e. The average Bonchev–Trinajstić information content (AvgIpc) is 3.36. The first-order valence-corrected chi connectivity index (χ1v) is 9.22. The summed E-state index contributed by atoms with van der Waals surface area (Å²) in [6, 6.07) is 9.27. The van der Waals surface area contributed by atoms with Crippen molar-refractivity contribution >= 4 is 22.8 Å². The van der Waals surface area contributed by atoms with Crippen LogP contribution in [0.1, 0.15) is 28.9 Å². The summed E-state index contributed by atoms with van der Waals surface area (Å²) in [6.45, 7) is 4.17. The molecule has 0 atom stereocenters. The SMILES string of the molecule is CCc1nc2ccc(CC(=O)N3CCN(C(=O)c4ccco4)CC3)cc2[nH]1. The predicted octanol–water partition coefficient (Wildman–Crippen LogP) is 2.25. The Morgan fingerprint density at radius 2 is 1.93 bits per heavy atom. The van der Waals surface area contributed by atoms with Crippen LogP contribution in [0.3, 0.4) is 0 Å². The van der Waals surface area contributed by atoms with Gasteiger partial charge in [0.25, 0.3) is 5.91 Å². The molecular weight excluding hydrogens is 344 g/mol. The van der Waals surface area contributed by atoms with Gasteiger partial charge in [-0.15, -0.1) is 0 Å². The first-order chi connectivity index (χ1) is 13.1. The number of hydrogen-bond donors (Lipinski definition) is 1. The summed E-state index contributed by atoms with van der Waals surface area (Å²) in [5, 5.41) is 0. The number of H-pyrrole nitrogens is 1. The standard InChI is InChI=1S/C20H22N4O3/c1-2-18-21-15-6-5-14(12-16(15)22-18)13-19(25)23-7-9-24(10-8-23)20(26)17-4-3-11-27-17/h3-6,11-12H,2,7-10,13H2,1H3,(H,21,22). The zero-order valence-corrected chi connectivity index (χ0v) is 15.3. The molecule has 0 unspecified atom stereocenters. The average molecular weight is 366 g/mol. The minimum atomic E-state index is -0.122. The van der Waals surface area contributed by atoms with Crippen molar-refractivity contribution in [2.24, 2.45) is 0 Å². The molecule has 1 N–H and O–H groups in total. The number of piperazine rings is 1. The van der Waals surface area contributed by atoms with Gasteiger partial charge in [-0.05, 0) is 29.8 Å². The highest BCUT2D eigenvalue weighted by molar-refractivity contribution is 5.91. The van der Waals surface area contributed by atoms with Crippen molar-refractivity contribution in [3.63, 3.8) is 0 Å². The summed E-state index contributed by atoms with van der Waals surface area (Å²) in [5.41, 5.74) is 2.85. The molecule has 4 rings (SSSR count). The van der Waals surface area contributed by atoms with Gasteiger partial charge < -0.3 is 19.2 Å². The highest BCUT2D eigenvalue weighted by atomic mass is 16.3. The molecule has 7 heteroatoms. The van der Waals surface area contributed by atoms with Crippen LogP contribution in [0, 0.1) is 0 Å². The fourth-order valence-corrected chi connectivity index (χ4v) is 3.39. The van der Waals surface area contributed by atoms with E-state index in [-0.39, 0.29) is 11.8 Å². The lowest BCUT2D eigenvalue weighted by Crippen LogP contribution is -2.50. The maximum Gasteiger partial charge on any atom is 0.289 e. The maximum absolute atomic E-state index is 12.6. The fourth-order valence-electron chi connectivity index (χ4n) is 3.39. The van der Waals surface area contributed by atoms with E-state index in [9.17, 15) is 9.59 Å². The molecule has 0 bridgehead atoms. The summed E-state index contributed by atoms with van der Waals surface area (Å²) in [4.78, 5) is 36.3. The number of nitrogens with zero attached hydrogens (tertiary/aromatic N) is 3. The van der Waals surface area contributed by atoms with Gasteiger partial charge in [-0.2, -0.15) is 0 Å². The summed E-state index contributed by atoms with van der Waals surface area (Å²) in [6.07, 6.45) is 2.69. The Morgan fingerprint density at radius 1 is 1.15 bits per heavy atom. The van der Waals surface area contributed by atoms with Crippen LogP contribution >= 0.6 is 0 Å². The molecule has 2 aromatic heterocycles. The van der Waals surface area contributed by atoms with Crippen molar-refractivity contribution in [1.82, 2.24) is 19.8 Å². The number of amides is 2. The monoisotopic (exact) mass is 366 g/mol. The van der Waals surface area contributed by atoms with E-state index in [1.807, 2.05) is 23.1 Å². The predicted molar refractivity (Wildman–Crippen MR) is 100 cm³/mol. The van der Waals surface area contributed by atoms with E-state index in [2.05, 4.69) is 16.9 Å². The Bertz CT molecular complexity index is 953. The Labute approximate surface area is 157 Å². The molecule has 0 aliphatic carbocycles. The molecule has 1 aliphatic rings. The number of carbonyl (C=O) groups is 2. The molecule has 7 nitrogen and oxygen atoms in total. The number of furan rings is 1. The topological polar surface area (TPSA) is 82.4 Å². The number of nitrogens with one attached hydrogen (secondary N) is 1. The number of aromatic amines is 1. The second-order valence-electron chi connectivity index (χ2n) is 6.72. The second-order valence-corrected chi connectivity index (χ2v) is 6.72. The number of hydrogen-bond acceptors (Lipinski definition) is 4. The van der Waals surface area contributed by atoms with Crippen molar-refractivity contribution in [3.8, 4) is 0 Å². The van der Waals surface area contributed by atoms with E-state index in [1.165, 1.54) is 6.26 Å². The highest BCUT2D eigenvalue weighted by Crippen LogP contribution is 2.16. The molecule has 3 heterocycles. The fraction of sp³-hybridized carbons (Fsp3) is 0.350. The minimum Gasteiger partial charge on any atom is -0.459 e. The first kappa shape index (κ1) is 17.3. The molecule has 1 fully saturated rings. The zero-order chi connectivity index (χ0) is 18.8. The van der Waals surface area contributed by atoms with Crippen LogP contribution in [0.2, 0.25) is 0 Å². The second kappa shape index (κ2) is 7.26. The van der Waals surface area contributed by atoms with Gasteiger partial charge in [0.05, 0.1) is 23.7 Å². The molecule has 0 radical (unpaired) electrons. The van der Waals surface area contributed by atoms with Gasteiger partial charge in [0.1, 0.15) is 5.82 Å². The number of carbonyl (C=O) groups excluding carboxylic acids is 2. The molecule has 1 saturated heterocycles. The van der Waals surface area contributed by atoms with Crippen molar-refractivity contribution in [1.29, 1.82) is 0 Å². The lowest BCUT2D eigenvalue weighted by molar-refractivity contribution is -0.131. The van der Waals surface area contributed by atoms with Crippen LogP contribution < -0.4 is 0 Å². The van der Waals surface area contributed by atoms with Crippen LogP contribution in [-0.4, -0.2) is 57.8 Å². The van der Waals surface area contributed by atoms with E-state index in [0.29, 0.717) is 38.4 Å². The lowest BCUT2D eigenvalue weighted by Gasteiger charge is -2.34. The normalized spacial score (nSPS) is 14.7. The minimum absolute atomic E-state index is 0.0784. The third-order valence-corrected chi connectivity index (χ3v) is 4.94. The molecule has 2 amide bonds. The molecule has 3 aromatic rings. The quantitative estimate of drug-likeness (QED) is 0.768. The third kappa shape index (κ3) is 3.58. The van der Waals surface area contributed by atoms with E-state index in [4.69, 9.17) is 4.42 Å². The smallest absolute Gasteiger partial charge is 0.289 e. The van der Waals surface area contributed by atoms with Crippen molar-refractivity contribution < 1.29 is 14.0 Å². The van der Waals surface area contributed by atoms with Crippen LogP contribution in [0.25, 0.3) is 11.0 Å². The van der Waals surface area contributed by atoms with Crippen molar-refractivity contribution in [2.75, 3.05) is 26.2 Å². The van der Waals surface area contributed by atoms with Crippen LogP contribution in [0.5, 0.6) is 0 Å². The molecule has 140 valence electrons. The Morgan fingerprint density at radius 3 is 2.63 bits per heavy atom. The molecule has 27 heavy (non-hydrogen) atoms. The Hall–Kier alpha value is -3.09. The Kier molecular flexibility index (Phi) is 4.66. The number of imidazole rings is 1. The van der Waals surface area contributed by atoms with Gasteiger partial charge >= 0.3 is 0 Å². The maximum atomic E-state index is 12.6. The van der Waals surface area contributed by atoms with Gasteiger partial charge in [-0.25, -0.2) is 4.98 Å². The van der Waals surface area contributed by atoms with Gasteiger partial charge in [-0.3, -0.25) is 9.59 Å². The van der Waals surface area contributed by atoms with Gasteiger partial charge in [0.2, 0.25) is 5.91 Å². The lowest BCUT2D eigenvalue weighted by atomic mass is 10.1. The van der Waals surface area contributed by atoms with E-state index in [0.717, 1.165) is 28.8 Å². The van der Waals surface area contributed by atoms with Crippen LogP contribution in [-0.2, 0) is 17.6 Å². The van der Waals surface area contributed by atoms with Crippen molar-refractivity contribution in [2.45, 2.75) is 19.8 Å². The van der Waals surface area contributed by atoms with E-state index < -0.39 is 0 Å². The van der Waals surface area contributed by atoms with E-state index >= 15 is 0 Å². The number of aryl methyl sites for hydroxylation is 1. The van der Waals surface area contributed by atoms with Crippen LogP contribution in [0.4, 0.5) is 0 Å². The molecule has 1 aliphatic heterocycles. The summed E-state index contributed by atoms with van der Waals surface area (Å²) in [5.74, 6) is 1.25. The number of fused-ring (bicyclic) bond motifs is 1. The number of benzene rings is 1. The first-order valence-electron chi connectivity index (χ1n) is 9.22. The molecule has 0 saturated carbocycles. The number of rotatable bonds is 4. The Balaban J connectivity index is 1.36. The zero-order valence-electron chi connectivity index (χ0n) is 15.3. The van der Waals surface area contributed by atoms with Gasteiger partial charge in [-0.1, -0.05) is 13.0 Å². The third-order valence-electron chi connectivity index (χ3n) is 4.94. The molecular formula is C20H22N4O3. The van der Waals surface area contributed by atoms with Crippen LogP contribution in [0.15, 0.2) is 41.0 Å². The van der Waals surface area contributed by atoms with Gasteiger partial charge in [0, 0.05) is 32.6 Å². The van der Waals surface area contributed by atoms with Crippen molar-refractivity contribution in [3.05, 3.63) is 53.7 Å². The highest BCUT2D eigenvalue weighted by Gasteiger charge is 2.26. The van der Waals surface area contributed by atoms with Gasteiger partial charge in [0.15, 0.2) is 5.76 Å². The summed E-state index contributed by atoms with van der Waals surface area (Å²) < 4.78 is 5.17. The summed E-state index contributed by atoms with van der Waals surface area (Å²) in [7, 11) is 0. The van der Waals surface area contributed by atoms with E-state index in [1.54, 1.807) is 17.0 Å².